The van der Waals surface area contributed by atoms with Gasteiger partial charge >= 0.3 is 0 Å². The molecule has 0 aliphatic carbocycles. The molecule has 3 aromatic heterocycles. The maximum atomic E-state index is 5.66. The van der Waals surface area contributed by atoms with Crippen LogP contribution in [0.25, 0.3) is 11.5 Å². The number of rotatable bonds is 6. The number of aryl methyl sites for hydroxylation is 2. The summed E-state index contributed by atoms with van der Waals surface area (Å²) >= 11 is 1.51. The van der Waals surface area contributed by atoms with Crippen LogP contribution in [0.5, 0.6) is 0 Å². The van der Waals surface area contributed by atoms with E-state index in [0.29, 0.717) is 23.3 Å². The number of hydrogen-bond donors (Lipinski definition) is 0. The maximum absolute atomic E-state index is 5.66. The molecule has 0 saturated carbocycles. The van der Waals surface area contributed by atoms with E-state index in [-0.39, 0.29) is 0 Å². The quantitative estimate of drug-likeness (QED) is 0.478. The Morgan fingerprint density at radius 3 is 2.88 bits per heavy atom. The number of furan rings is 1. The Balaban J connectivity index is 1.45. The monoisotopic (exact) mass is 367 g/mol. The van der Waals surface area contributed by atoms with Gasteiger partial charge in [-0.05, 0) is 48.0 Å². The van der Waals surface area contributed by atoms with Gasteiger partial charge in [0.25, 0.3) is 0 Å². The van der Waals surface area contributed by atoms with E-state index in [9.17, 15) is 0 Å². The number of oxazole rings is 1. The van der Waals surface area contributed by atoms with Crippen LogP contribution in [0.3, 0.4) is 0 Å². The summed E-state index contributed by atoms with van der Waals surface area (Å²) in [7, 11) is 0. The van der Waals surface area contributed by atoms with Crippen LogP contribution in [0.1, 0.15) is 22.6 Å². The average molecular weight is 367 g/mol. The van der Waals surface area contributed by atoms with E-state index in [2.05, 4.69) is 46.5 Å². The van der Waals surface area contributed by atoms with Gasteiger partial charge in [0.05, 0.1) is 12.0 Å². The van der Waals surface area contributed by atoms with Crippen molar-refractivity contribution in [1.29, 1.82) is 0 Å². The fourth-order valence-electron chi connectivity index (χ4n) is 2.64. The molecule has 132 valence electrons. The first-order chi connectivity index (χ1) is 12.7. The van der Waals surface area contributed by atoms with Crippen LogP contribution < -0.4 is 0 Å². The van der Waals surface area contributed by atoms with Crippen LogP contribution in [-0.4, -0.2) is 25.2 Å². The van der Waals surface area contributed by atoms with Gasteiger partial charge in [0.2, 0.25) is 11.0 Å². The Morgan fingerprint density at radius 2 is 2.08 bits per heavy atom. The molecule has 0 fully saturated rings. The average Bonchev–Trinajstić information content (AvgIpc) is 3.35. The second kappa shape index (κ2) is 7.17. The lowest BCUT2D eigenvalue weighted by Gasteiger charge is -2.02. The van der Waals surface area contributed by atoms with Crippen molar-refractivity contribution >= 4 is 11.8 Å². The summed E-state index contributed by atoms with van der Waals surface area (Å²) < 4.78 is 12.7. The highest BCUT2D eigenvalue weighted by molar-refractivity contribution is 7.98. The number of thioether (sulfide) groups is 1. The molecule has 0 saturated heterocycles. The molecular weight excluding hydrogens is 350 g/mol. The Labute approximate surface area is 154 Å². The molecule has 0 radical (unpaired) electrons. The molecular formula is C18H17N5O2S. The summed E-state index contributed by atoms with van der Waals surface area (Å²) in [6.07, 6.45) is 3.32. The molecule has 0 N–H and O–H groups in total. The third-order valence-electron chi connectivity index (χ3n) is 3.90. The molecule has 1 aromatic carbocycles. The molecule has 3 heterocycles. The van der Waals surface area contributed by atoms with Crippen molar-refractivity contribution in [2.45, 2.75) is 31.3 Å². The lowest BCUT2D eigenvalue weighted by Crippen LogP contribution is -2.03. The van der Waals surface area contributed by atoms with Crippen molar-refractivity contribution in [1.82, 2.24) is 25.2 Å². The van der Waals surface area contributed by atoms with Gasteiger partial charge in [-0.2, -0.15) is 0 Å². The predicted octanol–water partition coefficient (Wildman–Crippen LogP) is 3.88. The molecule has 0 aliphatic heterocycles. The van der Waals surface area contributed by atoms with Gasteiger partial charge in [0.15, 0.2) is 0 Å². The fourth-order valence-corrected chi connectivity index (χ4v) is 3.39. The summed E-state index contributed by atoms with van der Waals surface area (Å²) in [5, 5.41) is 12.5. The van der Waals surface area contributed by atoms with Gasteiger partial charge in [-0.3, -0.25) is 0 Å². The lowest BCUT2D eigenvalue weighted by molar-refractivity contribution is 0.462. The van der Waals surface area contributed by atoms with Crippen molar-refractivity contribution in [2.24, 2.45) is 0 Å². The first-order valence-corrected chi connectivity index (χ1v) is 9.11. The van der Waals surface area contributed by atoms with Gasteiger partial charge < -0.3 is 8.83 Å². The minimum Gasteiger partial charge on any atom is -0.467 e. The van der Waals surface area contributed by atoms with Crippen molar-refractivity contribution in [3.05, 3.63) is 65.4 Å². The van der Waals surface area contributed by atoms with Crippen LogP contribution in [-0.2, 0) is 12.3 Å². The van der Waals surface area contributed by atoms with Crippen molar-refractivity contribution in [3.63, 3.8) is 0 Å². The molecule has 4 aromatic rings. The van der Waals surface area contributed by atoms with E-state index >= 15 is 0 Å². The topological polar surface area (TPSA) is 82.8 Å². The van der Waals surface area contributed by atoms with Crippen LogP contribution in [0.15, 0.2) is 56.8 Å². The molecule has 0 bridgehead atoms. The Morgan fingerprint density at radius 1 is 1.15 bits per heavy atom. The number of hydrogen-bond acceptors (Lipinski definition) is 7. The zero-order valence-electron chi connectivity index (χ0n) is 14.4. The molecule has 0 unspecified atom stereocenters. The van der Waals surface area contributed by atoms with Gasteiger partial charge in [-0.15, -0.1) is 5.10 Å². The molecule has 8 heteroatoms. The number of nitrogens with zero attached hydrogens (tertiary/aromatic N) is 5. The van der Waals surface area contributed by atoms with Crippen molar-refractivity contribution in [2.75, 3.05) is 0 Å². The van der Waals surface area contributed by atoms with Crippen LogP contribution in [0, 0.1) is 13.8 Å². The van der Waals surface area contributed by atoms with E-state index in [1.807, 2.05) is 18.2 Å². The van der Waals surface area contributed by atoms with E-state index in [1.165, 1.54) is 17.3 Å². The summed E-state index contributed by atoms with van der Waals surface area (Å²) in [6.45, 7) is 4.63. The summed E-state index contributed by atoms with van der Waals surface area (Å²) in [5.41, 5.74) is 4.22. The fraction of sp³-hybridized carbons (Fsp3) is 0.222. The lowest BCUT2D eigenvalue weighted by atomic mass is 10.1. The van der Waals surface area contributed by atoms with Crippen LogP contribution >= 0.6 is 11.8 Å². The van der Waals surface area contributed by atoms with Crippen molar-refractivity contribution in [3.8, 4) is 11.5 Å². The molecule has 0 aliphatic rings. The van der Waals surface area contributed by atoms with Gasteiger partial charge in [0.1, 0.15) is 18.6 Å². The summed E-state index contributed by atoms with van der Waals surface area (Å²) in [6, 6.07) is 9.96. The predicted molar refractivity (Wildman–Crippen MR) is 96.6 cm³/mol. The van der Waals surface area contributed by atoms with Crippen LogP contribution in [0.2, 0.25) is 0 Å². The number of aromatic nitrogens is 5. The van der Waals surface area contributed by atoms with Crippen molar-refractivity contribution < 1.29 is 8.83 Å². The third kappa shape index (κ3) is 3.55. The maximum Gasteiger partial charge on any atom is 0.226 e. The Kier molecular flexibility index (Phi) is 4.57. The highest BCUT2D eigenvalue weighted by Gasteiger charge is 2.13. The van der Waals surface area contributed by atoms with E-state index < -0.39 is 0 Å². The van der Waals surface area contributed by atoms with Gasteiger partial charge in [-0.1, -0.05) is 29.5 Å². The van der Waals surface area contributed by atoms with Gasteiger partial charge in [-0.25, -0.2) is 9.67 Å². The van der Waals surface area contributed by atoms with E-state index in [0.717, 1.165) is 22.6 Å². The molecule has 0 amide bonds. The zero-order valence-corrected chi connectivity index (χ0v) is 15.2. The normalized spacial score (nSPS) is 11.2. The summed E-state index contributed by atoms with van der Waals surface area (Å²) in [4.78, 5) is 4.59. The second-order valence-corrected chi connectivity index (χ2v) is 6.89. The minimum atomic E-state index is 0.495. The standard InChI is InChI=1S/C18H17N5O2S/c1-12-5-6-16(13(2)8-12)17-19-14(10-25-17)11-26-18-20-21-22-23(18)9-15-4-3-7-24-15/h3-8,10H,9,11H2,1-2H3. The summed E-state index contributed by atoms with van der Waals surface area (Å²) in [5.74, 6) is 2.05. The zero-order chi connectivity index (χ0) is 17.9. The SMILES string of the molecule is Cc1ccc(-c2nc(CSc3nnnn3Cc3ccco3)co2)c(C)c1. The number of benzene rings is 1. The highest BCUT2D eigenvalue weighted by atomic mass is 32.2. The molecule has 7 nitrogen and oxygen atoms in total. The molecule has 4 rings (SSSR count). The van der Waals surface area contributed by atoms with E-state index in [4.69, 9.17) is 8.83 Å². The van der Waals surface area contributed by atoms with E-state index in [1.54, 1.807) is 17.2 Å². The second-order valence-electron chi connectivity index (χ2n) is 5.95. The van der Waals surface area contributed by atoms with Gasteiger partial charge in [0, 0.05) is 11.3 Å². The smallest absolute Gasteiger partial charge is 0.226 e. The minimum absolute atomic E-state index is 0.495. The third-order valence-corrected chi connectivity index (χ3v) is 4.89. The first kappa shape index (κ1) is 16.6. The Bertz CT molecular complexity index is 1010. The first-order valence-electron chi connectivity index (χ1n) is 8.12. The Hall–Kier alpha value is -2.87. The van der Waals surface area contributed by atoms with Crippen LogP contribution in [0.4, 0.5) is 0 Å². The number of tetrazole rings is 1. The molecule has 26 heavy (non-hydrogen) atoms. The largest absolute Gasteiger partial charge is 0.467 e. The highest BCUT2D eigenvalue weighted by Crippen LogP contribution is 2.26. The molecule has 0 spiro atoms. The molecule has 0 atom stereocenters.